The van der Waals surface area contributed by atoms with E-state index in [0.717, 1.165) is 27.7 Å². The molecular formula is C21H16N4O. The standard InChI is InChI=1S/C21H16N4O/c1-14(26)15-5-7-16(8-6-15)20-11-21(24-13-23-20)25-19-4-2-3-17-12-22-10-9-18(17)19/h2-13H,1H3,(H,23,24,25). The van der Waals surface area contributed by atoms with Crippen LogP contribution < -0.4 is 5.32 Å². The van der Waals surface area contributed by atoms with Crippen LogP contribution in [0.25, 0.3) is 22.0 Å². The Balaban J connectivity index is 1.66. The minimum atomic E-state index is 0.0482. The number of nitrogens with one attached hydrogen (secondary N) is 1. The maximum Gasteiger partial charge on any atom is 0.159 e. The first kappa shape index (κ1) is 15.9. The summed E-state index contributed by atoms with van der Waals surface area (Å²) in [4.78, 5) is 24.2. The van der Waals surface area contributed by atoms with Crippen molar-refractivity contribution in [3.8, 4) is 11.3 Å². The Morgan fingerprint density at radius 1 is 1.00 bits per heavy atom. The van der Waals surface area contributed by atoms with Crippen molar-refractivity contribution in [1.82, 2.24) is 15.0 Å². The zero-order valence-electron chi connectivity index (χ0n) is 14.2. The van der Waals surface area contributed by atoms with Gasteiger partial charge in [-0.2, -0.15) is 0 Å². The van der Waals surface area contributed by atoms with Gasteiger partial charge in [-0.15, -0.1) is 0 Å². The molecule has 0 amide bonds. The summed E-state index contributed by atoms with van der Waals surface area (Å²) in [6.07, 6.45) is 5.14. The molecule has 126 valence electrons. The fourth-order valence-electron chi connectivity index (χ4n) is 2.83. The molecule has 0 spiro atoms. The highest BCUT2D eigenvalue weighted by Crippen LogP contribution is 2.26. The molecule has 5 heteroatoms. The molecule has 0 aliphatic rings. The number of carbonyl (C=O) groups excluding carboxylic acids is 1. The monoisotopic (exact) mass is 340 g/mol. The second-order valence-electron chi connectivity index (χ2n) is 5.95. The molecule has 0 radical (unpaired) electrons. The first-order valence-electron chi connectivity index (χ1n) is 8.24. The van der Waals surface area contributed by atoms with Gasteiger partial charge >= 0.3 is 0 Å². The summed E-state index contributed by atoms with van der Waals surface area (Å²) in [5, 5.41) is 5.49. The number of fused-ring (bicyclic) bond motifs is 1. The maximum atomic E-state index is 11.4. The van der Waals surface area contributed by atoms with Crippen LogP contribution in [0.5, 0.6) is 0 Å². The predicted octanol–water partition coefficient (Wildman–Crippen LogP) is 4.64. The molecule has 26 heavy (non-hydrogen) atoms. The van der Waals surface area contributed by atoms with Crippen molar-refractivity contribution >= 4 is 28.1 Å². The molecule has 0 fully saturated rings. The summed E-state index contributed by atoms with van der Waals surface area (Å²) >= 11 is 0. The van der Waals surface area contributed by atoms with Gasteiger partial charge in [0.2, 0.25) is 0 Å². The minimum absolute atomic E-state index is 0.0482. The van der Waals surface area contributed by atoms with E-state index in [2.05, 4.69) is 20.3 Å². The number of nitrogens with zero attached hydrogens (tertiary/aromatic N) is 3. The van der Waals surface area contributed by atoms with Crippen LogP contribution in [0.1, 0.15) is 17.3 Å². The number of benzene rings is 2. The average molecular weight is 340 g/mol. The van der Waals surface area contributed by atoms with Gasteiger partial charge in [0.15, 0.2) is 5.78 Å². The second kappa shape index (κ2) is 6.72. The Morgan fingerprint density at radius 3 is 2.65 bits per heavy atom. The van der Waals surface area contributed by atoms with Gasteiger partial charge in [0.1, 0.15) is 12.1 Å². The molecule has 0 unspecified atom stereocenters. The van der Waals surface area contributed by atoms with E-state index >= 15 is 0 Å². The Hall–Kier alpha value is -3.60. The van der Waals surface area contributed by atoms with E-state index in [0.29, 0.717) is 11.4 Å². The van der Waals surface area contributed by atoms with Crippen molar-refractivity contribution < 1.29 is 4.79 Å². The van der Waals surface area contributed by atoms with Crippen LogP contribution in [0.15, 0.2) is 73.3 Å². The van der Waals surface area contributed by atoms with Gasteiger partial charge < -0.3 is 5.32 Å². The number of aromatic nitrogens is 3. The topological polar surface area (TPSA) is 67.8 Å². The number of rotatable bonds is 4. The molecule has 0 saturated heterocycles. The summed E-state index contributed by atoms with van der Waals surface area (Å²) in [6, 6.07) is 17.3. The largest absolute Gasteiger partial charge is 0.340 e. The quantitative estimate of drug-likeness (QED) is 0.548. The average Bonchev–Trinajstić information content (AvgIpc) is 2.69. The zero-order valence-corrected chi connectivity index (χ0v) is 14.2. The van der Waals surface area contributed by atoms with Crippen LogP contribution in [0.4, 0.5) is 11.5 Å². The van der Waals surface area contributed by atoms with Crippen LogP contribution in [0, 0.1) is 0 Å². The number of anilines is 2. The molecule has 2 aromatic carbocycles. The van der Waals surface area contributed by atoms with E-state index in [4.69, 9.17) is 0 Å². The third kappa shape index (κ3) is 3.15. The van der Waals surface area contributed by atoms with Crippen LogP contribution in [-0.4, -0.2) is 20.7 Å². The van der Waals surface area contributed by atoms with Gasteiger partial charge in [-0.1, -0.05) is 36.4 Å². The van der Waals surface area contributed by atoms with Crippen LogP contribution in [-0.2, 0) is 0 Å². The second-order valence-corrected chi connectivity index (χ2v) is 5.95. The van der Waals surface area contributed by atoms with Crippen molar-refractivity contribution in [2.24, 2.45) is 0 Å². The molecule has 1 N–H and O–H groups in total. The lowest BCUT2D eigenvalue weighted by molar-refractivity contribution is 0.101. The Morgan fingerprint density at radius 2 is 1.85 bits per heavy atom. The molecule has 0 bridgehead atoms. The third-order valence-corrected chi connectivity index (χ3v) is 4.20. The Kier molecular flexibility index (Phi) is 4.11. The van der Waals surface area contributed by atoms with Crippen molar-refractivity contribution in [1.29, 1.82) is 0 Å². The summed E-state index contributed by atoms with van der Waals surface area (Å²) < 4.78 is 0. The van der Waals surface area contributed by atoms with E-state index < -0.39 is 0 Å². The van der Waals surface area contributed by atoms with Crippen molar-refractivity contribution in [3.05, 3.63) is 78.9 Å². The van der Waals surface area contributed by atoms with E-state index in [9.17, 15) is 4.79 Å². The van der Waals surface area contributed by atoms with Crippen molar-refractivity contribution in [3.63, 3.8) is 0 Å². The predicted molar refractivity (Wildman–Crippen MR) is 102 cm³/mol. The van der Waals surface area contributed by atoms with Gasteiger partial charge in [0.05, 0.1) is 5.69 Å². The fraction of sp³-hybridized carbons (Fsp3) is 0.0476. The van der Waals surface area contributed by atoms with E-state index in [1.807, 2.05) is 60.8 Å². The number of pyridine rings is 1. The van der Waals surface area contributed by atoms with E-state index in [1.54, 1.807) is 13.1 Å². The number of hydrogen-bond donors (Lipinski definition) is 1. The van der Waals surface area contributed by atoms with Crippen LogP contribution in [0.2, 0.25) is 0 Å². The lowest BCUT2D eigenvalue weighted by Crippen LogP contribution is -1.97. The molecule has 0 saturated carbocycles. The van der Waals surface area contributed by atoms with Gasteiger partial charge in [0, 0.05) is 46.0 Å². The Bertz CT molecular complexity index is 1090. The summed E-state index contributed by atoms with van der Waals surface area (Å²) in [5.74, 6) is 0.752. The Labute approximate surface area is 150 Å². The van der Waals surface area contributed by atoms with Crippen LogP contribution in [0.3, 0.4) is 0 Å². The highest BCUT2D eigenvalue weighted by atomic mass is 16.1. The highest BCUT2D eigenvalue weighted by molar-refractivity contribution is 5.95. The molecule has 4 aromatic rings. The first-order chi connectivity index (χ1) is 12.7. The summed E-state index contributed by atoms with van der Waals surface area (Å²) in [5.41, 5.74) is 3.37. The van der Waals surface area contributed by atoms with E-state index in [-0.39, 0.29) is 5.78 Å². The first-order valence-corrected chi connectivity index (χ1v) is 8.24. The van der Waals surface area contributed by atoms with Crippen molar-refractivity contribution in [2.75, 3.05) is 5.32 Å². The van der Waals surface area contributed by atoms with Gasteiger partial charge in [0.25, 0.3) is 0 Å². The normalized spacial score (nSPS) is 10.7. The number of hydrogen-bond acceptors (Lipinski definition) is 5. The van der Waals surface area contributed by atoms with Gasteiger partial charge in [-0.3, -0.25) is 9.78 Å². The minimum Gasteiger partial charge on any atom is -0.340 e. The lowest BCUT2D eigenvalue weighted by Gasteiger charge is -2.10. The van der Waals surface area contributed by atoms with Gasteiger partial charge in [-0.05, 0) is 19.1 Å². The third-order valence-electron chi connectivity index (χ3n) is 4.20. The SMILES string of the molecule is CC(=O)c1ccc(-c2cc(Nc3cccc4cnccc34)ncn2)cc1. The summed E-state index contributed by atoms with van der Waals surface area (Å²) in [7, 11) is 0. The molecule has 5 nitrogen and oxygen atoms in total. The van der Waals surface area contributed by atoms with E-state index in [1.165, 1.54) is 6.33 Å². The maximum absolute atomic E-state index is 11.4. The fourth-order valence-corrected chi connectivity index (χ4v) is 2.83. The number of Topliss-reactive ketones (excluding diaryl/α,β-unsaturated/α-hetero) is 1. The number of ketones is 1. The highest BCUT2D eigenvalue weighted by Gasteiger charge is 2.06. The molecule has 0 aliphatic heterocycles. The molecule has 0 atom stereocenters. The molecule has 2 aromatic heterocycles. The molecule has 0 aliphatic carbocycles. The number of carbonyl (C=O) groups is 1. The van der Waals surface area contributed by atoms with Gasteiger partial charge in [-0.25, -0.2) is 9.97 Å². The molecular weight excluding hydrogens is 324 g/mol. The van der Waals surface area contributed by atoms with Crippen molar-refractivity contribution in [2.45, 2.75) is 6.92 Å². The smallest absolute Gasteiger partial charge is 0.159 e. The molecule has 4 rings (SSSR count). The molecule has 2 heterocycles. The summed E-state index contributed by atoms with van der Waals surface area (Å²) in [6.45, 7) is 1.56. The lowest BCUT2D eigenvalue weighted by atomic mass is 10.1. The zero-order chi connectivity index (χ0) is 17.9. The van der Waals surface area contributed by atoms with Crippen LogP contribution >= 0.6 is 0 Å².